The lowest BCUT2D eigenvalue weighted by Gasteiger charge is -2.19. The summed E-state index contributed by atoms with van der Waals surface area (Å²) < 4.78 is 10.7. The van der Waals surface area contributed by atoms with E-state index < -0.39 is 6.10 Å². The molecule has 1 aliphatic rings. The van der Waals surface area contributed by atoms with Gasteiger partial charge in [0.15, 0.2) is 0 Å². The highest BCUT2D eigenvalue weighted by atomic mass is 16.5. The van der Waals surface area contributed by atoms with E-state index in [-0.39, 0.29) is 0 Å². The maximum atomic E-state index is 10.0. The van der Waals surface area contributed by atoms with E-state index in [0.29, 0.717) is 19.2 Å². The zero-order valence-corrected chi connectivity index (χ0v) is 12.9. The van der Waals surface area contributed by atoms with Gasteiger partial charge in [0.25, 0.3) is 0 Å². The first-order chi connectivity index (χ1) is 10.3. The van der Waals surface area contributed by atoms with Crippen LogP contribution in [0.5, 0.6) is 11.5 Å². The Morgan fingerprint density at radius 1 is 1.10 bits per heavy atom. The van der Waals surface area contributed by atoms with Crippen LogP contribution in [0.25, 0.3) is 0 Å². The Bertz CT molecular complexity index is 386. The third kappa shape index (κ3) is 5.94. The average Bonchev–Trinajstić information content (AvgIpc) is 2.80. The summed E-state index contributed by atoms with van der Waals surface area (Å²) in [5.74, 6) is 1.56. The van der Waals surface area contributed by atoms with Crippen LogP contribution in [0.2, 0.25) is 0 Å². The van der Waals surface area contributed by atoms with Gasteiger partial charge in [-0.15, -0.1) is 0 Å². The number of benzene rings is 1. The molecule has 1 atom stereocenters. The molecule has 1 aliphatic carbocycles. The van der Waals surface area contributed by atoms with E-state index in [1.165, 1.54) is 38.5 Å². The predicted molar refractivity (Wildman–Crippen MR) is 84.0 cm³/mol. The number of rotatable bonds is 7. The summed E-state index contributed by atoms with van der Waals surface area (Å²) in [6.45, 7) is 0.910. The molecule has 21 heavy (non-hydrogen) atoms. The molecule has 1 aromatic rings. The average molecular weight is 293 g/mol. The van der Waals surface area contributed by atoms with E-state index in [0.717, 1.165) is 11.5 Å². The third-order valence-corrected chi connectivity index (χ3v) is 4.00. The molecule has 2 N–H and O–H groups in total. The summed E-state index contributed by atoms with van der Waals surface area (Å²) in [4.78, 5) is 0. The van der Waals surface area contributed by atoms with E-state index in [9.17, 15) is 5.11 Å². The van der Waals surface area contributed by atoms with Crippen LogP contribution in [-0.2, 0) is 0 Å². The molecule has 0 saturated heterocycles. The summed E-state index contributed by atoms with van der Waals surface area (Å²) in [5.41, 5.74) is 0. The summed E-state index contributed by atoms with van der Waals surface area (Å²) in [6.07, 6.45) is 7.28. The summed E-state index contributed by atoms with van der Waals surface area (Å²) in [5, 5.41) is 13.5. The van der Waals surface area contributed by atoms with Crippen molar-refractivity contribution in [1.82, 2.24) is 5.32 Å². The molecular weight excluding hydrogens is 266 g/mol. The first-order valence-electron chi connectivity index (χ1n) is 7.96. The molecule has 2 rings (SSSR count). The smallest absolute Gasteiger partial charge is 0.119 e. The van der Waals surface area contributed by atoms with Crippen molar-refractivity contribution >= 4 is 0 Å². The van der Waals surface area contributed by atoms with Gasteiger partial charge in [-0.3, -0.25) is 0 Å². The van der Waals surface area contributed by atoms with Gasteiger partial charge in [-0.25, -0.2) is 0 Å². The van der Waals surface area contributed by atoms with Crippen LogP contribution in [0, 0.1) is 0 Å². The van der Waals surface area contributed by atoms with E-state index in [1.807, 2.05) is 24.3 Å². The number of hydrogen-bond acceptors (Lipinski definition) is 4. The van der Waals surface area contributed by atoms with Crippen molar-refractivity contribution in [2.24, 2.45) is 0 Å². The largest absolute Gasteiger partial charge is 0.497 e. The number of hydrogen-bond donors (Lipinski definition) is 2. The van der Waals surface area contributed by atoms with Gasteiger partial charge < -0.3 is 19.9 Å². The fraction of sp³-hybridized carbons (Fsp3) is 0.647. The lowest BCUT2D eigenvalue weighted by molar-refractivity contribution is 0.103. The normalized spacial score (nSPS) is 18.0. The van der Waals surface area contributed by atoms with E-state index >= 15 is 0 Å². The van der Waals surface area contributed by atoms with E-state index in [2.05, 4.69) is 5.32 Å². The van der Waals surface area contributed by atoms with Crippen molar-refractivity contribution < 1.29 is 14.6 Å². The number of aliphatic hydroxyl groups excluding tert-OH is 1. The summed E-state index contributed by atoms with van der Waals surface area (Å²) in [6, 6.07) is 7.97. The Labute approximate surface area is 127 Å². The maximum absolute atomic E-state index is 10.0. The summed E-state index contributed by atoms with van der Waals surface area (Å²) >= 11 is 0. The molecular formula is C17H27NO3. The van der Waals surface area contributed by atoms with Crippen LogP contribution in [0.3, 0.4) is 0 Å². The van der Waals surface area contributed by atoms with Gasteiger partial charge in [-0.2, -0.15) is 0 Å². The van der Waals surface area contributed by atoms with Gasteiger partial charge in [0.05, 0.1) is 7.11 Å². The minimum absolute atomic E-state index is 0.312. The Morgan fingerprint density at radius 3 is 2.33 bits per heavy atom. The first-order valence-corrected chi connectivity index (χ1v) is 7.96. The highest BCUT2D eigenvalue weighted by molar-refractivity contribution is 5.31. The number of aliphatic hydroxyl groups is 1. The molecule has 1 aromatic carbocycles. The van der Waals surface area contributed by atoms with Crippen LogP contribution in [0.15, 0.2) is 24.3 Å². The molecule has 0 bridgehead atoms. The van der Waals surface area contributed by atoms with Gasteiger partial charge >= 0.3 is 0 Å². The Morgan fingerprint density at radius 2 is 1.71 bits per heavy atom. The van der Waals surface area contributed by atoms with E-state index in [1.54, 1.807) is 7.11 Å². The van der Waals surface area contributed by atoms with Crippen LogP contribution < -0.4 is 14.8 Å². The molecule has 4 heteroatoms. The second-order valence-electron chi connectivity index (χ2n) is 5.74. The second-order valence-corrected chi connectivity index (χ2v) is 5.74. The molecule has 0 radical (unpaired) electrons. The zero-order chi connectivity index (χ0) is 14.9. The Balaban J connectivity index is 1.65. The Hall–Kier alpha value is -1.26. The van der Waals surface area contributed by atoms with Gasteiger partial charge in [-0.1, -0.05) is 25.7 Å². The molecule has 0 amide bonds. The monoisotopic (exact) mass is 293 g/mol. The number of nitrogens with one attached hydrogen (secondary N) is 1. The molecule has 118 valence electrons. The lowest BCUT2D eigenvalue weighted by atomic mass is 10.1. The minimum Gasteiger partial charge on any atom is -0.497 e. The fourth-order valence-electron chi connectivity index (χ4n) is 2.71. The van der Waals surface area contributed by atoms with Crippen molar-refractivity contribution in [2.45, 2.75) is 50.7 Å². The van der Waals surface area contributed by atoms with Crippen LogP contribution in [-0.4, -0.2) is 37.5 Å². The minimum atomic E-state index is -0.477. The second kappa shape index (κ2) is 8.90. The van der Waals surface area contributed by atoms with Gasteiger partial charge in [0.1, 0.15) is 24.2 Å². The molecule has 0 aromatic heterocycles. The van der Waals surface area contributed by atoms with Crippen molar-refractivity contribution in [1.29, 1.82) is 0 Å². The van der Waals surface area contributed by atoms with Gasteiger partial charge in [-0.05, 0) is 37.1 Å². The quantitative estimate of drug-likeness (QED) is 0.759. The van der Waals surface area contributed by atoms with Crippen molar-refractivity contribution in [3.8, 4) is 11.5 Å². The molecule has 1 unspecified atom stereocenters. The number of methoxy groups -OCH3 is 1. The topological polar surface area (TPSA) is 50.7 Å². The third-order valence-electron chi connectivity index (χ3n) is 4.00. The fourth-order valence-corrected chi connectivity index (χ4v) is 2.71. The highest BCUT2D eigenvalue weighted by Gasteiger charge is 2.13. The van der Waals surface area contributed by atoms with Gasteiger partial charge in [0, 0.05) is 12.6 Å². The predicted octanol–water partition coefficient (Wildman–Crippen LogP) is 2.75. The van der Waals surface area contributed by atoms with Crippen LogP contribution in [0.1, 0.15) is 38.5 Å². The molecule has 0 heterocycles. The maximum Gasteiger partial charge on any atom is 0.119 e. The SMILES string of the molecule is COc1ccc(OCC(O)CNC2CCCCCC2)cc1. The lowest BCUT2D eigenvalue weighted by Crippen LogP contribution is -2.37. The van der Waals surface area contributed by atoms with Crippen LogP contribution in [0.4, 0.5) is 0 Å². The molecule has 0 spiro atoms. The highest BCUT2D eigenvalue weighted by Crippen LogP contribution is 2.18. The van der Waals surface area contributed by atoms with Crippen molar-refractivity contribution in [2.75, 3.05) is 20.3 Å². The molecule has 0 aliphatic heterocycles. The Kier molecular flexibility index (Phi) is 6.83. The molecule has 1 saturated carbocycles. The summed E-state index contributed by atoms with van der Waals surface area (Å²) in [7, 11) is 1.64. The molecule has 4 nitrogen and oxygen atoms in total. The standard InChI is InChI=1S/C17H27NO3/c1-20-16-8-10-17(11-9-16)21-13-15(19)12-18-14-6-4-2-3-5-7-14/h8-11,14-15,18-19H,2-7,12-13H2,1H3. The molecule has 1 fully saturated rings. The zero-order valence-electron chi connectivity index (χ0n) is 12.9. The van der Waals surface area contributed by atoms with E-state index in [4.69, 9.17) is 9.47 Å². The number of ether oxygens (including phenoxy) is 2. The first kappa shape index (κ1) is 16.1. The van der Waals surface area contributed by atoms with Crippen molar-refractivity contribution in [3.05, 3.63) is 24.3 Å². The van der Waals surface area contributed by atoms with Crippen molar-refractivity contribution in [3.63, 3.8) is 0 Å². The van der Waals surface area contributed by atoms with Gasteiger partial charge in [0.2, 0.25) is 0 Å². The van der Waals surface area contributed by atoms with Crippen LogP contribution >= 0.6 is 0 Å².